The van der Waals surface area contributed by atoms with Crippen LogP contribution in [0.25, 0.3) is 0 Å². The lowest BCUT2D eigenvalue weighted by Gasteiger charge is -1.86. The van der Waals surface area contributed by atoms with Crippen molar-refractivity contribution < 1.29 is 4.74 Å². The molecule has 2 atom stereocenters. The van der Waals surface area contributed by atoms with Crippen LogP contribution in [0.2, 0.25) is 0 Å². The van der Waals surface area contributed by atoms with Crippen molar-refractivity contribution in [3.8, 4) is 0 Å². The Morgan fingerprint density at radius 1 is 1.33 bits per heavy atom. The van der Waals surface area contributed by atoms with Crippen LogP contribution in [0.3, 0.4) is 0 Å². The normalized spacial score (nSPS) is 52.0. The van der Waals surface area contributed by atoms with Crippen LogP contribution >= 0.6 is 0 Å². The summed E-state index contributed by atoms with van der Waals surface area (Å²) in [5.74, 6) is 1.73. The maximum absolute atomic E-state index is 5.08. The van der Waals surface area contributed by atoms with Gasteiger partial charge in [-0.1, -0.05) is 0 Å². The summed E-state index contributed by atoms with van der Waals surface area (Å²) in [6, 6.07) is 0. The monoisotopic (exact) mass is 83.0 g/mol. The summed E-state index contributed by atoms with van der Waals surface area (Å²) in [6.45, 7) is 2.01. The summed E-state index contributed by atoms with van der Waals surface area (Å²) in [7, 11) is 0. The SMILES string of the molecule is [CH]1C2COCC12. The molecule has 2 unspecified atom stereocenters. The first-order valence-corrected chi connectivity index (χ1v) is 2.39. The molecule has 0 aromatic carbocycles. The number of hydrogen-bond acceptors (Lipinski definition) is 1. The molecule has 1 radical (unpaired) electrons. The predicted molar refractivity (Wildman–Crippen MR) is 22.1 cm³/mol. The van der Waals surface area contributed by atoms with E-state index >= 15 is 0 Å². The molecule has 0 bridgehead atoms. The van der Waals surface area contributed by atoms with Gasteiger partial charge in [0.15, 0.2) is 0 Å². The highest BCUT2D eigenvalue weighted by Crippen LogP contribution is 2.41. The Labute approximate surface area is 37.3 Å². The largest absolute Gasteiger partial charge is 0.381 e. The molecule has 0 aromatic heterocycles. The predicted octanol–water partition coefficient (Wildman–Crippen LogP) is 0.467. The fourth-order valence-electron chi connectivity index (χ4n) is 0.952. The molecule has 0 N–H and O–H groups in total. The zero-order valence-electron chi connectivity index (χ0n) is 3.55. The molecule has 2 aliphatic rings. The smallest absolute Gasteiger partial charge is 0.0500 e. The molecule has 2 fully saturated rings. The fraction of sp³-hybridized carbons (Fsp3) is 0.800. The second kappa shape index (κ2) is 0.784. The molecule has 1 heteroatoms. The Bertz CT molecular complexity index is 62.3. The molecule has 1 saturated heterocycles. The van der Waals surface area contributed by atoms with Crippen molar-refractivity contribution in [2.75, 3.05) is 13.2 Å². The van der Waals surface area contributed by atoms with Gasteiger partial charge in [0.1, 0.15) is 0 Å². The molecule has 1 saturated carbocycles. The summed E-state index contributed by atoms with van der Waals surface area (Å²) in [6.07, 6.45) is 2.35. The second-order valence-electron chi connectivity index (χ2n) is 2.06. The van der Waals surface area contributed by atoms with E-state index < -0.39 is 0 Å². The van der Waals surface area contributed by atoms with Crippen molar-refractivity contribution in [3.63, 3.8) is 0 Å². The molecule has 33 valence electrons. The minimum Gasteiger partial charge on any atom is -0.381 e. The average molecular weight is 83.1 g/mol. The van der Waals surface area contributed by atoms with Crippen LogP contribution < -0.4 is 0 Å². The minimum atomic E-state index is 0.866. The van der Waals surface area contributed by atoms with Crippen LogP contribution in [0, 0.1) is 18.3 Å². The number of ether oxygens (including phenoxy) is 1. The van der Waals surface area contributed by atoms with Crippen LogP contribution in [0.15, 0.2) is 0 Å². The Morgan fingerprint density at radius 2 is 2.00 bits per heavy atom. The van der Waals surface area contributed by atoms with E-state index in [-0.39, 0.29) is 0 Å². The number of fused-ring (bicyclic) bond motifs is 1. The molecule has 1 aliphatic carbocycles. The van der Waals surface area contributed by atoms with E-state index in [2.05, 4.69) is 6.42 Å². The van der Waals surface area contributed by atoms with E-state index in [0.717, 1.165) is 25.0 Å². The third-order valence-electron chi connectivity index (χ3n) is 1.52. The van der Waals surface area contributed by atoms with Crippen molar-refractivity contribution in [1.82, 2.24) is 0 Å². The van der Waals surface area contributed by atoms with Gasteiger partial charge >= 0.3 is 0 Å². The molecular weight excluding hydrogens is 76.1 g/mol. The van der Waals surface area contributed by atoms with Crippen LogP contribution in [0.5, 0.6) is 0 Å². The highest BCUT2D eigenvalue weighted by molar-refractivity contribution is 5.08. The molecule has 1 aliphatic heterocycles. The van der Waals surface area contributed by atoms with Gasteiger partial charge in [0.2, 0.25) is 0 Å². The molecule has 1 heterocycles. The molecule has 2 rings (SSSR count). The van der Waals surface area contributed by atoms with Gasteiger partial charge in [-0.2, -0.15) is 0 Å². The lowest BCUT2D eigenvalue weighted by Crippen LogP contribution is -1.86. The standard InChI is InChI=1S/C5H7O/c1-4-2-6-3-5(1)4/h1,4-5H,2-3H2. The molecule has 0 spiro atoms. The average Bonchev–Trinajstić information content (AvgIpc) is 2.17. The van der Waals surface area contributed by atoms with Gasteiger partial charge in [-0.25, -0.2) is 0 Å². The van der Waals surface area contributed by atoms with Gasteiger partial charge in [-0.3, -0.25) is 0 Å². The van der Waals surface area contributed by atoms with Gasteiger partial charge in [0.25, 0.3) is 0 Å². The van der Waals surface area contributed by atoms with Gasteiger partial charge in [0.05, 0.1) is 13.2 Å². The topological polar surface area (TPSA) is 9.23 Å². The highest BCUT2D eigenvalue weighted by atomic mass is 16.5. The summed E-state index contributed by atoms with van der Waals surface area (Å²) in [5, 5.41) is 0. The zero-order valence-corrected chi connectivity index (χ0v) is 3.55. The van der Waals surface area contributed by atoms with Crippen molar-refractivity contribution >= 4 is 0 Å². The summed E-state index contributed by atoms with van der Waals surface area (Å²) in [5.41, 5.74) is 0. The van der Waals surface area contributed by atoms with Gasteiger partial charge < -0.3 is 4.74 Å². The van der Waals surface area contributed by atoms with E-state index in [4.69, 9.17) is 4.74 Å². The van der Waals surface area contributed by atoms with E-state index in [1.165, 1.54) is 0 Å². The molecule has 6 heavy (non-hydrogen) atoms. The third-order valence-corrected chi connectivity index (χ3v) is 1.52. The quantitative estimate of drug-likeness (QED) is 0.413. The van der Waals surface area contributed by atoms with Crippen molar-refractivity contribution in [2.24, 2.45) is 11.8 Å². The van der Waals surface area contributed by atoms with E-state index in [1.807, 2.05) is 0 Å². The van der Waals surface area contributed by atoms with Gasteiger partial charge in [-0.15, -0.1) is 0 Å². The van der Waals surface area contributed by atoms with Crippen LogP contribution in [-0.4, -0.2) is 13.2 Å². The Balaban J connectivity index is 2.09. The van der Waals surface area contributed by atoms with Crippen LogP contribution in [0.4, 0.5) is 0 Å². The van der Waals surface area contributed by atoms with Crippen LogP contribution in [0.1, 0.15) is 0 Å². The Kier molecular flexibility index (Phi) is 0.396. The molecule has 0 aromatic rings. The van der Waals surface area contributed by atoms with Gasteiger partial charge in [-0.05, 0) is 18.3 Å². The Morgan fingerprint density at radius 3 is 2.17 bits per heavy atom. The maximum Gasteiger partial charge on any atom is 0.0500 e. The van der Waals surface area contributed by atoms with Crippen LogP contribution in [-0.2, 0) is 4.74 Å². The zero-order chi connectivity index (χ0) is 3.98. The highest BCUT2D eigenvalue weighted by Gasteiger charge is 2.42. The van der Waals surface area contributed by atoms with Crippen molar-refractivity contribution in [3.05, 3.63) is 6.42 Å². The fourth-order valence-corrected chi connectivity index (χ4v) is 0.952. The minimum absolute atomic E-state index is 0.866. The summed E-state index contributed by atoms with van der Waals surface area (Å²) in [4.78, 5) is 0. The van der Waals surface area contributed by atoms with E-state index in [9.17, 15) is 0 Å². The molecule has 1 nitrogen and oxygen atoms in total. The second-order valence-corrected chi connectivity index (χ2v) is 2.06. The maximum atomic E-state index is 5.08. The number of hydrogen-bond donors (Lipinski definition) is 0. The lowest BCUT2D eigenvalue weighted by molar-refractivity contribution is 0.175. The van der Waals surface area contributed by atoms with E-state index in [1.54, 1.807) is 0 Å². The van der Waals surface area contributed by atoms with Crippen molar-refractivity contribution in [2.45, 2.75) is 0 Å². The summed E-state index contributed by atoms with van der Waals surface area (Å²) < 4.78 is 5.08. The Hall–Kier alpha value is -0.0400. The molecular formula is C5H7O. The summed E-state index contributed by atoms with van der Waals surface area (Å²) >= 11 is 0. The molecule has 0 amide bonds. The van der Waals surface area contributed by atoms with E-state index in [0.29, 0.717) is 0 Å². The first kappa shape index (κ1) is 3.03. The lowest BCUT2D eigenvalue weighted by atomic mass is 10.4. The van der Waals surface area contributed by atoms with Crippen molar-refractivity contribution in [1.29, 1.82) is 0 Å². The first-order chi connectivity index (χ1) is 2.97. The first-order valence-electron chi connectivity index (χ1n) is 2.39. The number of rotatable bonds is 0. The van der Waals surface area contributed by atoms with Gasteiger partial charge in [0, 0.05) is 0 Å². The third kappa shape index (κ3) is 0.243.